The van der Waals surface area contributed by atoms with Crippen molar-refractivity contribution >= 4 is 23.4 Å². The molecule has 2 N–H and O–H groups in total. The number of nitrogens with one attached hydrogen (secondary N) is 2. The van der Waals surface area contributed by atoms with Crippen LogP contribution in [0.2, 0.25) is 5.02 Å². The van der Waals surface area contributed by atoms with Gasteiger partial charge in [0, 0.05) is 29.2 Å². The second-order valence-electron chi connectivity index (χ2n) is 5.80. The lowest BCUT2D eigenvalue weighted by atomic mass is 10.0. The highest BCUT2D eigenvalue weighted by Crippen LogP contribution is 2.14. The standard InChI is InChI=1S/C19H21ClN2O2/c1-13(2)14-3-5-15(6-4-14)18(23)21-11-12-22-19(24)16-7-9-17(20)10-8-16/h3-10,13H,11-12H2,1-2H3,(H,21,23)(H,22,24). The van der Waals surface area contributed by atoms with Crippen molar-refractivity contribution in [3.05, 3.63) is 70.2 Å². The molecule has 0 fully saturated rings. The number of hydrogen-bond acceptors (Lipinski definition) is 2. The molecule has 2 amide bonds. The predicted octanol–water partition coefficient (Wildman–Crippen LogP) is 3.62. The first-order chi connectivity index (χ1) is 11.5. The summed E-state index contributed by atoms with van der Waals surface area (Å²) in [4.78, 5) is 23.9. The van der Waals surface area contributed by atoms with Crippen molar-refractivity contribution in [2.24, 2.45) is 0 Å². The molecule has 126 valence electrons. The van der Waals surface area contributed by atoms with Crippen LogP contribution in [0.4, 0.5) is 0 Å². The number of benzene rings is 2. The molecule has 5 heteroatoms. The van der Waals surface area contributed by atoms with E-state index in [1.165, 1.54) is 5.56 Å². The van der Waals surface area contributed by atoms with Crippen LogP contribution in [0.15, 0.2) is 48.5 Å². The van der Waals surface area contributed by atoms with Crippen LogP contribution in [0, 0.1) is 0 Å². The summed E-state index contributed by atoms with van der Waals surface area (Å²) in [6.07, 6.45) is 0. The molecule has 0 radical (unpaired) electrons. The van der Waals surface area contributed by atoms with E-state index in [0.717, 1.165) is 0 Å². The molecule has 0 spiro atoms. The fraction of sp³-hybridized carbons (Fsp3) is 0.263. The van der Waals surface area contributed by atoms with Crippen LogP contribution in [0.25, 0.3) is 0 Å². The first kappa shape index (κ1) is 18.0. The maximum atomic E-state index is 12.0. The number of amides is 2. The summed E-state index contributed by atoms with van der Waals surface area (Å²) >= 11 is 5.78. The maximum absolute atomic E-state index is 12.0. The van der Waals surface area contributed by atoms with Crippen molar-refractivity contribution in [1.29, 1.82) is 0 Å². The average Bonchev–Trinajstić information content (AvgIpc) is 2.59. The van der Waals surface area contributed by atoms with Gasteiger partial charge in [-0.25, -0.2) is 0 Å². The lowest BCUT2D eigenvalue weighted by Crippen LogP contribution is -2.34. The third-order valence-corrected chi connectivity index (χ3v) is 3.89. The fourth-order valence-corrected chi connectivity index (χ4v) is 2.30. The van der Waals surface area contributed by atoms with Gasteiger partial charge in [-0.2, -0.15) is 0 Å². The molecule has 0 unspecified atom stereocenters. The number of halogens is 1. The number of hydrogen-bond donors (Lipinski definition) is 2. The summed E-state index contributed by atoms with van der Waals surface area (Å²) in [6, 6.07) is 14.2. The molecule has 24 heavy (non-hydrogen) atoms. The molecule has 4 nitrogen and oxygen atoms in total. The van der Waals surface area contributed by atoms with Crippen LogP contribution in [-0.2, 0) is 0 Å². The Balaban J connectivity index is 1.76. The summed E-state index contributed by atoms with van der Waals surface area (Å²) < 4.78 is 0. The minimum atomic E-state index is -0.192. The van der Waals surface area contributed by atoms with E-state index in [4.69, 9.17) is 11.6 Å². The fourth-order valence-electron chi connectivity index (χ4n) is 2.18. The molecule has 0 heterocycles. The van der Waals surface area contributed by atoms with Crippen molar-refractivity contribution in [1.82, 2.24) is 10.6 Å². The predicted molar refractivity (Wildman–Crippen MR) is 96.6 cm³/mol. The van der Waals surface area contributed by atoms with Crippen LogP contribution in [0.5, 0.6) is 0 Å². The van der Waals surface area contributed by atoms with Crippen molar-refractivity contribution in [2.75, 3.05) is 13.1 Å². The Labute approximate surface area is 147 Å². The third-order valence-electron chi connectivity index (χ3n) is 3.64. The second-order valence-corrected chi connectivity index (χ2v) is 6.23. The summed E-state index contributed by atoms with van der Waals surface area (Å²) in [5.41, 5.74) is 2.35. The maximum Gasteiger partial charge on any atom is 0.251 e. The van der Waals surface area contributed by atoms with Gasteiger partial charge in [0.1, 0.15) is 0 Å². The van der Waals surface area contributed by atoms with Crippen molar-refractivity contribution in [3.63, 3.8) is 0 Å². The SMILES string of the molecule is CC(C)c1ccc(C(=O)NCCNC(=O)c2ccc(Cl)cc2)cc1. The molecule has 0 saturated heterocycles. The van der Waals surface area contributed by atoms with Gasteiger partial charge in [-0.3, -0.25) is 9.59 Å². The van der Waals surface area contributed by atoms with Crippen LogP contribution in [0.3, 0.4) is 0 Å². The van der Waals surface area contributed by atoms with Crippen LogP contribution in [-0.4, -0.2) is 24.9 Å². The second kappa shape index (κ2) is 8.50. The molecular formula is C19H21ClN2O2. The molecule has 0 bridgehead atoms. The third kappa shape index (κ3) is 5.10. The molecule has 0 atom stereocenters. The molecule has 0 aliphatic rings. The highest BCUT2D eigenvalue weighted by Gasteiger charge is 2.07. The van der Waals surface area contributed by atoms with Gasteiger partial charge in [0.25, 0.3) is 11.8 Å². The quantitative estimate of drug-likeness (QED) is 0.786. The van der Waals surface area contributed by atoms with E-state index in [-0.39, 0.29) is 11.8 Å². The van der Waals surface area contributed by atoms with Crippen LogP contribution >= 0.6 is 11.6 Å². The monoisotopic (exact) mass is 344 g/mol. The lowest BCUT2D eigenvalue weighted by Gasteiger charge is -2.09. The number of carbonyl (C=O) groups excluding carboxylic acids is 2. The summed E-state index contributed by atoms with van der Waals surface area (Å²) in [6.45, 7) is 4.94. The van der Waals surface area contributed by atoms with E-state index in [1.54, 1.807) is 24.3 Å². The Hall–Kier alpha value is -2.33. The van der Waals surface area contributed by atoms with Gasteiger partial charge in [-0.1, -0.05) is 37.6 Å². The zero-order valence-electron chi connectivity index (χ0n) is 13.8. The van der Waals surface area contributed by atoms with Crippen molar-refractivity contribution < 1.29 is 9.59 Å². The van der Waals surface area contributed by atoms with Gasteiger partial charge in [0.15, 0.2) is 0 Å². The summed E-state index contributed by atoms with van der Waals surface area (Å²) in [5, 5.41) is 6.13. The summed E-state index contributed by atoms with van der Waals surface area (Å²) in [5.74, 6) is 0.0958. The molecule has 0 saturated carbocycles. The van der Waals surface area contributed by atoms with Gasteiger partial charge >= 0.3 is 0 Å². The van der Waals surface area contributed by atoms with E-state index in [2.05, 4.69) is 24.5 Å². The first-order valence-corrected chi connectivity index (χ1v) is 8.27. The largest absolute Gasteiger partial charge is 0.350 e. The van der Waals surface area contributed by atoms with Gasteiger partial charge in [-0.15, -0.1) is 0 Å². The Kier molecular flexibility index (Phi) is 6.38. The highest BCUT2D eigenvalue weighted by atomic mass is 35.5. The lowest BCUT2D eigenvalue weighted by molar-refractivity contribution is 0.0927. The molecule has 0 aliphatic heterocycles. The van der Waals surface area contributed by atoms with Gasteiger partial charge in [0.05, 0.1) is 0 Å². The molecule has 2 rings (SSSR count). The minimum Gasteiger partial charge on any atom is -0.350 e. The molecule has 2 aromatic rings. The highest BCUT2D eigenvalue weighted by molar-refractivity contribution is 6.30. The van der Waals surface area contributed by atoms with E-state index >= 15 is 0 Å². The first-order valence-electron chi connectivity index (χ1n) is 7.89. The van der Waals surface area contributed by atoms with E-state index < -0.39 is 0 Å². The van der Waals surface area contributed by atoms with E-state index in [0.29, 0.717) is 35.2 Å². The Bertz CT molecular complexity index is 694. The number of rotatable bonds is 6. The molecule has 2 aromatic carbocycles. The topological polar surface area (TPSA) is 58.2 Å². The Morgan fingerprint density at radius 3 is 1.67 bits per heavy atom. The van der Waals surface area contributed by atoms with Gasteiger partial charge < -0.3 is 10.6 Å². The molecular weight excluding hydrogens is 324 g/mol. The zero-order chi connectivity index (χ0) is 17.5. The van der Waals surface area contributed by atoms with Crippen molar-refractivity contribution in [3.8, 4) is 0 Å². The molecule has 0 aliphatic carbocycles. The van der Waals surface area contributed by atoms with Crippen LogP contribution in [0.1, 0.15) is 46.0 Å². The van der Waals surface area contributed by atoms with Crippen molar-refractivity contribution in [2.45, 2.75) is 19.8 Å². The van der Waals surface area contributed by atoms with Gasteiger partial charge in [-0.05, 0) is 47.9 Å². The summed E-state index contributed by atoms with van der Waals surface area (Å²) in [7, 11) is 0. The smallest absolute Gasteiger partial charge is 0.251 e. The van der Waals surface area contributed by atoms with E-state index in [9.17, 15) is 9.59 Å². The minimum absolute atomic E-state index is 0.147. The number of carbonyl (C=O) groups is 2. The molecule has 0 aromatic heterocycles. The normalized spacial score (nSPS) is 10.5. The van der Waals surface area contributed by atoms with Gasteiger partial charge in [0.2, 0.25) is 0 Å². The average molecular weight is 345 g/mol. The van der Waals surface area contributed by atoms with E-state index in [1.807, 2.05) is 24.3 Å². The Morgan fingerprint density at radius 2 is 1.25 bits per heavy atom. The zero-order valence-corrected chi connectivity index (χ0v) is 14.6. The Morgan fingerprint density at radius 1 is 0.833 bits per heavy atom. The van der Waals surface area contributed by atoms with Crippen LogP contribution < -0.4 is 10.6 Å².